The average Bonchev–Trinajstić information content (AvgIpc) is 3.66. The van der Waals surface area contributed by atoms with Gasteiger partial charge in [0.2, 0.25) is 0 Å². The smallest absolute Gasteiger partial charge is 0.280 e. The maximum Gasteiger partial charge on any atom is 0.280 e. The van der Waals surface area contributed by atoms with Crippen molar-refractivity contribution in [1.82, 2.24) is 19.9 Å². The van der Waals surface area contributed by atoms with Crippen LogP contribution in [-0.4, -0.2) is 57.4 Å². The minimum absolute atomic E-state index is 0.0240. The molecule has 3 amide bonds. The second-order valence-corrected chi connectivity index (χ2v) is 9.83. The number of pyridine rings is 1. The maximum absolute atomic E-state index is 12.4. The Morgan fingerprint density at radius 2 is 1.51 bits per heavy atom. The molecule has 0 saturated carbocycles. The molecule has 200 valence electrons. The molecule has 0 unspecified atom stereocenters. The number of aromatic nitrogens is 1. The lowest BCUT2D eigenvalue weighted by atomic mass is 10.2. The summed E-state index contributed by atoms with van der Waals surface area (Å²) in [5.41, 5.74) is 4.08. The molecule has 0 aliphatic carbocycles. The molecule has 3 heterocycles. The van der Waals surface area contributed by atoms with Crippen molar-refractivity contribution >= 4 is 29.1 Å². The lowest BCUT2D eigenvalue weighted by molar-refractivity contribution is 0.0638. The van der Waals surface area contributed by atoms with Crippen molar-refractivity contribution in [3.63, 3.8) is 0 Å². The molecular formula is C29H28N4O5S. The fourth-order valence-corrected chi connectivity index (χ4v) is 4.63. The van der Waals surface area contributed by atoms with Crippen LogP contribution in [0.15, 0.2) is 95.9 Å². The molecule has 2 aromatic heterocycles. The monoisotopic (exact) mass is 544 g/mol. The Bertz CT molecular complexity index is 1490. The van der Waals surface area contributed by atoms with E-state index in [1.54, 1.807) is 42.6 Å². The number of aromatic hydroxyl groups is 1. The molecule has 5 rings (SSSR count). The van der Waals surface area contributed by atoms with Crippen LogP contribution in [0.5, 0.6) is 5.06 Å². The second kappa shape index (κ2) is 12.7. The van der Waals surface area contributed by atoms with Gasteiger partial charge >= 0.3 is 0 Å². The molecule has 0 radical (unpaired) electrons. The number of benzene rings is 2. The van der Waals surface area contributed by atoms with Crippen LogP contribution in [0.1, 0.15) is 43.2 Å². The molecule has 10 heteroatoms. The predicted octanol–water partition coefficient (Wildman–Crippen LogP) is 3.94. The van der Waals surface area contributed by atoms with Crippen LogP contribution >= 0.6 is 11.3 Å². The molecular weight excluding hydrogens is 516 g/mol. The Labute approximate surface area is 229 Å². The molecule has 1 aliphatic heterocycles. The Kier molecular flexibility index (Phi) is 8.90. The van der Waals surface area contributed by atoms with E-state index in [2.05, 4.69) is 5.43 Å². The standard InChI is InChI=1S/C18H15N3O4S.C11H13NO/c1-20(19-17(24)14-9-10-16(23)26-14)18(25)12-5-7-13(8-6-12)21-11-3-2-4-15(21)22;13-11(12-8-4-5-9-12)10-6-2-1-3-7-10/h2-11,23H,1H3,(H,19,24);1-3,6-7H,4-5,8-9H2. The number of rotatable bonds is 4. The number of thiophene rings is 1. The summed E-state index contributed by atoms with van der Waals surface area (Å²) >= 11 is 0.919. The fraction of sp³-hybridized carbons (Fsp3) is 0.172. The second-order valence-electron chi connectivity index (χ2n) is 8.76. The van der Waals surface area contributed by atoms with E-state index in [4.69, 9.17) is 0 Å². The summed E-state index contributed by atoms with van der Waals surface area (Å²) in [6, 6.07) is 23.7. The lowest BCUT2D eigenvalue weighted by Crippen LogP contribution is -2.43. The van der Waals surface area contributed by atoms with Gasteiger partial charge in [0.25, 0.3) is 23.3 Å². The summed E-state index contributed by atoms with van der Waals surface area (Å²) in [6.45, 7) is 1.85. The van der Waals surface area contributed by atoms with Gasteiger partial charge in [-0.15, -0.1) is 0 Å². The number of carbonyl (C=O) groups is 3. The third-order valence-corrected chi connectivity index (χ3v) is 6.91. The summed E-state index contributed by atoms with van der Waals surface area (Å²) in [5, 5.41) is 10.4. The minimum Gasteiger partial charge on any atom is -0.499 e. The van der Waals surface area contributed by atoms with Crippen LogP contribution in [0.2, 0.25) is 0 Å². The number of hydrazine groups is 1. The van der Waals surface area contributed by atoms with E-state index >= 15 is 0 Å². The molecule has 9 nitrogen and oxygen atoms in total. The van der Waals surface area contributed by atoms with Crippen molar-refractivity contribution in [2.75, 3.05) is 20.1 Å². The molecule has 2 N–H and O–H groups in total. The highest BCUT2D eigenvalue weighted by Crippen LogP contribution is 2.22. The van der Waals surface area contributed by atoms with E-state index in [9.17, 15) is 24.3 Å². The van der Waals surface area contributed by atoms with Crippen LogP contribution in [-0.2, 0) is 0 Å². The Morgan fingerprint density at radius 3 is 2.13 bits per heavy atom. The first-order valence-electron chi connectivity index (χ1n) is 12.3. The molecule has 1 fully saturated rings. The van der Waals surface area contributed by atoms with Gasteiger partial charge in [-0.2, -0.15) is 0 Å². The third kappa shape index (κ3) is 6.99. The van der Waals surface area contributed by atoms with E-state index in [1.807, 2.05) is 35.2 Å². The molecule has 0 atom stereocenters. The van der Waals surface area contributed by atoms with Gasteiger partial charge in [-0.05, 0) is 67.4 Å². The van der Waals surface area contributed by atoms with Crippen molar-refractivity contribution in [3.8, 4) is 10.8 Å². The highest BCUT2D eigenvalue weighted by Gasteiger charge is 2.19. The predicted molar refractivity (Wildman–Crippen MR) is 149 cm³/mol. The first-order valence-corrected chi connectivity index (χ1v) is 13.2. The van der Waals surface area contributed by atoms with E-state index in [0.717, 1.165) is 47.8 Å². The number of likely N-dealkylation sites (tertiary alicyclic amines) is 1. The van der Waals surface area contributed by atoms with Gasteiger partial charge in [-0.25, -0.2) is 0 Å². The number of carbonyl (C=O) groups excluding carboxylic acids is 3. The van der Waals surface area contributed by atoms with Crippen LogP contribution in [0.25, 0.3) is 5.69 Å². The minimum atomic E-state index is -0.487. The number of nitrogens with one attached hydrogen (secondary N) is 1. The third-order valence-electron chi connectivity index (χ3n) is 6.02. The van der Waals surface area contributed by atoms with Gasteiger partial charge in [-0.3, -0.25) is 34.2 Å². The zero-order valence-corrected chi connectivity index (χ0v) is 22.1. The zero-order valence-electron chi connectivity index (χ0n) is 21.3. The van der Waals surface area contributed by atoms with Crippen LogP contribution in [0.3, 0.4) is 0 Å². The highest BCUT2D eigenvalue weighted by molar-refractivity contribution is 7.15. The van der Waals surface area contributed by atoms with Crippen LogP contribution in [0, 0.1) is 0 Å². The van der Waals surface area contributed by atoms with Gasteiger partial charge < -0.3 is 10.0 Å². The van der Waals surface area contributed by atoms with Gasteiger partial charge in [0.15, 0.2) is 5.06 Å². The fourth-order valence-electron chi connectivity index (χ4n) is 3.99. The normalized spacial score (nSPS) is 12.3. The van der Waals surface area contributed by atoms with E-state index < -0.39 is 11.8 Å². The van der Waals surface area contributed by atoms with Gasteiger partial charge in [-0.1, -0.05) is 35.6 Å². The summed E-state index contributed by atoms with van der Waals surface area (Å²) in [5.74, 6) is -0.720. The van der Waals surface area contributed by atoms with Crippen molar-refractivity contribution in [2.24, 2.45) is 0 Å². The summed E-state index contributed by atoms with van der Waals surface area (Å²) in [4.78, 5) is 50.3. The summed E-state index contributed by atoms with van der Waals surface area (Å²) in [7, 11) is 1.43. The molecule has 0 bridgehead atoms. The Morgan fingerprint density at radius 1 is 0.846 bits per heavy atom. The van der Waals surface area contributed by atoms with E-state index in [-0.39, 0.29) is 16.5 Å². The first kappa shape index (κ1) is 27.3. The average molecular weight is 545 g/mol. The lowest BCUT2D eigenvalue weighted by Gasteiger charge is -2.18. The molecule has 2 aromatic carbocycles. The quantitative estimate of drug-likeness (QED) is 0.378. The van der Waals surface area contributed by atoms with Crippen molar-refractivity contribution in [2.45, 2.75) is 12.8 Å². The SMILES string of the molecule is CN(NC(=O)c1ccc(O)s1)C(=O)c1ccc(-n2ccccc2=O)cc1.O=C(c1ccccc1)N1CCCC1. The molecule has 4 aromatic rings. The molecule has 39 heavy (non-hydrogen) atoms. The van der Waals surface area contributed by atoms with Gasteiger partial charge in [0, 0.05) is 49.2 Å². The van der Waals surface area contributed by atoms with Crippen LogP contribution in [0.4, 0.5) is 0 Å². The summed E-state index contributed by atoms with van der Waals surface area (Å²) in [6.07, 6.45) is 3.94. The highest BCUT2D eigenvalue weighted by atomic mass is 32.1. The number of nitrogens with zero attached hydrogens (tertiary/aromatic N) is 3. The van der Waals surface area contributed by atoms with Gasteiger partial charge in [0.1, 0.15) is 0 Å². The van der Waals surface area contributed by atoms with Crippen molar-refractivity contribution < 1.29 is 19.5 Å². The van der Waals surface area contributed by atoms with E-state index in [1.165, 1.54) is 29.8 Å². The molecule has 1 aliphatic rings. The zero-order chi connectivity index (χ0) is 27.8. The molecule has 0 spiro atoms. The Hall–Kier alpha value is -4.70. The summed E-state index contributed by atoms with van der Waals surface area (Å²) < 4.78 is 1.46. The van der Waals surface area contributed by atoms with Crippen molar-refractivity contribution in [1.29, 1.82) is 0 Å². The van der Waals surface area contributed by atoms with Crippen LogP contribution < -0.4 is 11.0 Å². The number of hydrogen-bond acceptors (Lipinski definition) is 6. The Balaban J connectivity index is 0.000000226. The molecule has 1 saturated heterocycles. The topological polar surface area (TPSA) is 112 Å². The van der Waals surface area contributed by atoms with E-state index in [0.29, 0.717) is 16.1 Å². The van der Waals surface area contributed by atoms with Crippen molar-refractivity contribution in [3.05, 3.63) is 117 Å². The van der Waals surface area contributed by atoms with Gasteiger partial charge in [0.05, 0.1) is 4.88 Å². The number of amides is 3. The number of hydrogen-bond donors (Lipinski definition) is 2. The first-order chi connectivity index (χ1) is 18.8. The maximum atomic E-state index is 12.4. The largest absolute Gasteiger partial charge is 0.499 e.